The molecule has 0 radical (unpaired) electrons. The molecule has 3 aliphatic rings. The summed E-state index contributed by atoms with van der Waals surface area (Å²) in [7, 11) is 0. The number of benzene rings is 1. The van der Waals surface area contributed by atoms with Crippen LogP contribution in [0.15, 0.2) is 24.8 Å². The maximum Gasteiger partial charge on any atom is 0.191 e. The summed E-state index contributed by atoms with van der Waals surface area (Å²) >= 11 is 0. The van der Waals surface area contributed by atoms with Crippen molar-refractivity contribution in [2.24, 2.45) is 29.6 Å². The lowest BCUT2D eigenvalue weighted by Gasteiger charge is -2.45. The van der Waals surface area contributed by atoms with E-state index in [4.69, 9.17) is 4.74 Å². The van der Waals surface area contributed by atoms with Crippen LogP contribution >= 0.6 is 0 Å². The molecule has 0 saturated heterocycles. The Bertz CT molecular complexity index is 729. The first-order chi connectivity index (χ1) is 15.6. The zero-order valence-corrected chi connectivity index (χ0v) is 20.0. The maximum absolute atomic E-state index is 14.4. The largest absolute Gasteiger partial charge is 0.483 e. The Balaban J connectivity index is 1.28. The molecule has 0 heterocycles. The summed E-state index contributed by atoms with van der Waals surface area (Å²) in [6, 6.07) is 2.99. The van der Waals surface area contributed by atoms with Crippen LogP contribution in [0.5, 0.6) is 5.75 Å². The molecule has 32 heavy (non-hydrogen) atoms. The first-order valence-electron chi connectivity index (χ1n) is 13.3. The van der Waals surface area contributed by atoms with Gasteiger partial charge < -0.3 is 4.74 Å². The van der Waals surface area contributed by atoms with Crippen LogP contribution < -0.4 is 4.74 Å². The van der Waals surface area contributed by atoms with Gasteiger partial charge in [0.15, 0.2) is 17.4 Å². The Morgan fingerprint density at radius 3 is 2.12 bits per heavy atom. The normalized spacial score (nSPS) is 32.8. The second kappa shape index (κ2) is 11.2. The first-order valence-corrected chi connectivity index (χ1v) is 13.3. The van der Waals surface area contributed by atoms with Crippen molar-refractivity contribution >= 4 is 0 Å². The summed E-state index contributed by atoms with van der Waals surface area (Å²) in [5.74, 6) is 3.48. The molecule has 0 bridgehead atoms. The highest BCUT2D eigenvalue weighted by molar-refractivity contribution is 5.33. The molecule has 0 aliphatic heterocycles. The molecule has 0 aromatic heterocycles. The summed E-state index contributed by atoms with van der Waals surface area (Å²) in [6.45, 7) is 5.96. The lowest BCUT2D eigenvalue weighted by molar-refractivity contribution is 0.0614. The average molecular weight is 445 g/mol. The van der Waals surface area contributed by atoms with E-state index in [1.54, 1.807) is 0 Å². The molecule has 1 aromatic rings. The van der Waals surface area contributed by atoms with Crippen molar-refractivity contribution in [2.45, 2.75) is 96.3 Å². The van der Waals surface area contributed by atoms with Crippen molar-refractivity contribution < 1.29 is 13.5 Å². The predicted molar refractivity (Wildman–Crippen MR) is 128 cm³/mol. The third kappa shape index (κ3) is 5.57. The van der Waals surface area contributed by atoms with Crippen LogP contribution in [-0.4, -0.2) is 6.61 Å². The van der Waals surface area contributed by atoms with Gasteiger partial charge in [-0.2, -0.15) is 0 Å². The highest BCUT2D eigenvalue weighted by Gasteiger charge is 2.38. The average Bonchev–Trinajstić information content (AvgIpc) is 2.82. The second-order valence-corrected chi connectivity index (χ2v) is 10.9. The van der Waals surface area contributed by atoms with E-state index in [0.717, 1.165) is 48.0 Å². The van der Waals surface area contributed by atoms with E-state index < -0.39 is 11.6 Å². The minimum absolute atomic E-state index is 0.112. The molecule has 4 unspecified atom stereocenters. The van der Waals surface area contributed by atoms with Gasteiger partial charge in [0.25, 0.3) is 0 Å². The number of unbranched alkanes of at least 4 members (excludes halogenated alkanes) is 1. The number of ether oxygens (including phenoxy) is 1. The topological polar surface area (TPSA) is 9.23 Å². The van der Waals surface area contributed by atoms with E-state index in [-0.39, 0.29) is 18.3 Å². The molecule has 0 spiro atoms. The van der Waals surface area contributed by atoms with E-state index in [1.165, 1.54) is 88.8 Å². The van der Waals surface area contributed by atoms with Gasteiger partial charge in [-0.3, -0.25) is 0 Å². The SMILES string of the molecule is C=CCOc1c(F)cc(C2CCC(C3CCC4CC(CCCC)CCC4C3)CC2)cc1F. The molecule has 0 amide bonds. The summed E-state index contributed by atoms with van der Waals surface area (Å²) in [5, 5.41) is 0. The van der Waals surface area contributed by atoms with Crippen LogP contribution in [0.4, 0.5) is 8.78 Å². The third-order valence-corrected chi connectivity index (χ3v) is 9.00. The van der Waals surface area contributed by atoms with Crippen LogP contribution in [0.3, 0.4) is 0 Å². The Morgan fingerprint density at radius 2 is 1.47 bits per heavy atom. The van der Waals surface area contributed by atoms with Gasteiger partial charge in [0, 0.05) is 0 Å². The van der Waals surface area contributed by atoms with Crippen LogP contribution in [0, 0.1) is 41.2 Å². The van der Waals surface area contributed by atoms with Gasteiger partial charge in [-0.1, -0.05) is 45.3 Å². The smallest absolute Gasteiger partial charge is 0.191 e. The monoisotopic (exact) mass is 444 g/mol. The fraction of sp³-hybridized carbons (Fsp3) is 0.724. The number of halogens is 2. The molecular weight excluding hydrogens is 402 g/mol. The summed E-state index contributed by atoms with van der Waals surface area (Å²) in [6.07, 6.45) is 19.0. The Hall–Kier alpha value is -1.38. The van der Waals surface area contributed by atoms with Crippen molar-refractivity contribution in [3.8, 4) is 5.75 Å². The Kier molecular flexibility index (Phi) is 8.29. The van der Waals surface area contributed by atoms with Crippen molar-refractivity contribution in [3.63, 3.8) is 0 Å². The zero-order valence-electron chi connectivity index (χ0n) is 20.0. The van der Waals surface area contributed by atoms with Gasteiger partial charge in [0.05, 0.1) is 0 Å². The first kappa shape index (κ1) is 23.8. The van der Waals surface area contributed by atoms with E-state index >= 15 is 0 Å². The molecule has 4 atom stereocenters. The van der Waals surface area contributed by atoms with Gasteiger partial charge in [0.1, 0.15) is 6.61 Å². The molecule has 1 aromatic carbocycles. The van der Waals surface area contributed by atoms with Crippen LogP contribution in [0.1, 0.15) is 102 Å². The molecule has 178 valence electrons. The summed E-state index contributed by atoms with van der Waals surface area (Å²) in [5.41, 5.74) is 0.804. The second-order valence-electron chi connectivity index (χ2n) is 10.9. The highest BCUT2D eigenvalue weighted by Crippen LogP contribution is 2.50. The number of fused-ring (bicyclic) bond motifs is 1. The van der Waals surface area contributed by atoms with Crippen molar-refractivity contribution in [2.75, 3.05) is 6.61 Å². The van der Waals surface area contributed by atoms with E-state index in [1.807, 2.05) is 0 Å². The lowest BCUT2D eigenvalue weighted by atomic mass is 9.60. The van der Waals surface area contributed by atoms with Crippen LogP contribution in [0.25, 0.3) is 0 Å². The van der Waals surface area contributed by atoms with Gasteiger partial charge in [-0.05, 0) is 111 Å². The number of rotatable bonds is 8. The van der Waals surface area contributed by atoms with E-state index in [9.17, 15) is 8.78 Å². The van der Waals surface area contributed by atoms with Crippen molar-refractivity contribution in [3.05, 3.63) is 42.0 Å². The fourth-order valence-corrected chi connectivity index (χ4v) is 7.23. The van der Waals surface area contributed by atoms with E-state index in [0.29, 0.717) is 0 Å². The quantitative estimate of drug-likeness (QED) is 0.364. The van der Waals surface area contributed by atoms with E-state index in [2.05, 4.69) is 13.5 Å². The molecule has 3 saturated carbocycles. The maximum atomic E-state index is 14.4. The minimum atomic E-state index is -0.586. The molecule has 4 rings (SSSR count). The molecule has 3 heteroatoms. The summed E-state index contributed by atoms with van der Waals surface area (Å²) in [4.78, 5) is 0. The van der Waals surface area contributed by atoms with Crippen LogP contribution in [0.2, 0.25) is 0 Å². The van der Waals surface area contributed by atoms with Crippen molar-refractivity contribution in [1.82, 2.24) is 0 Å². The van der Waals surface area contributed by atoms with Gasteiger partial charge >= 0.3 is 0 Å². The molecule has 3 aliphatic carbocycles. The Labute approximate surface area is 194 Å². The molecule has 1 nitrogen and oxygen atoms in total. The summed E-state index contributed by atoms with van der Waals surface area (Å²) < 4.78 is 34.0. The van der Waals surface area contributed by atoms with Crippen molar-refractivity contribution in [1.29, 1.82) is 0 Å². The Morgan fingerprint density at radius 1 is 0.875 bits per heavy atom. The standard InChI is InChI=1S/C29H42F2O/c1-3-5-6-20-7-8-25-17-24(14-13-23(25)16-20)21-9-11-22(12-10-21)26-18-27(30)29(28(31)19-26)32-15-4-2/h4,18-25H,2-3,5-17H2,1H3. The molecular formula is C29H42F2O. The van der Waals surface area contributed by atoms with Gasteiger partial charge in [-0.25, -0.2) is 8.78 Å². The number of hydrogen-bond donors (Lipinski definition) is 0. The van der Waals surface area contributed by atoms with Crippen LogP contribution in [-0.2, 0) is 0 Å². The predicted octanol–water partition coefficient (Wildman–Crippen LogP) is 8.83. The molecule has 0 N–H and O–H groups in total. The third-order valence-electron chi connectivity index (χ3n) is 9.00. The molecule has 3 fully saturated rings. The lowest BCUT2D eigenvalue weighted by Crippen LogP contribution is -2.34. The fourth-order valence-electron chi connectivity index (χ4n) is 7.23. The van der Waals surface area contributed by atoms with Gasteiger partial charge in [-0.15, -0.1) is 0 Å². The van der Waals surface area contributed by atoms with Gasteiger partial charge in [0.2, 0.25) is 0 Å². The number of hydrogen-bond acceptors (Lipinski definition) is 1. The highest BCUT2D eigenvalue weighted by atomic mass is 19.1. The zero-order chi connectivity index (χ0) is 22.5. The minimum Gasteiger partial charge on any atom is -0.483 e.